The van der Waals surface area contributed by atoms with E-state index in [0.29, 0.717) is 5.92 Å². The number of hydrogen-bond acceptors (Lipinski definition) is 4. The second kappa shape index (κ2) is 8.86. The predicted molar refractivity (Wildman–Crippen MR) is 123 cm³/mol. The highest BCUT2D eigenvalue weighted by atomic mass is 32.1. The van der Waals surface area contributed by atoms with E-state index in [2.05, 4.69) is 41.3 Å². The summed E-state index contributed by atoms with van der Waals surface area (Å²) < 4.78 is 1.30. The van der Waals surface area contributed by atoms with E-state index >= 15 is 0 Å². The second-order valence-electron chi connectivity index (χ2n) is 8.62. The highest BCUT2D eigenvalue weighted by Crippen LogP contribution is 2.34. The number of thiazole rings is 1. The zero-order valence-electron chi connectivity index (χ0n) is 17.4. The molecule has 1 amide bonds. The topological polar surface area (TPSA) is 36.4 Å². The van der Waals surface area contributed by atoms with E-state index in [9.17, 15) is 4.79 Å². The van der Waals surface area contributed by atoms with Crippen LogP contribution in [0, 0.1) is 0 Å². The fourth-order valence-electron chi connectivity index (χ4n) is 4.74. The Morgan fingerprint density at radius 3 is 2.57 bits per heavy atom. The van der Waals surface area contributed by atoms with Crippen LogP contribution in [0.4, 0.5) is 0 Å². The number of para-hydroxylation sites is 1. The normalized spacial score (nSPS) is 18.7. The summed E-state index contributed by atoms with van der Waals surface area (Å²) in [5.74, 6) is 0.775. The summed E-state index contributed by atoms with van der Waals surface area (Å²) >= 11 is 1.86. The molecular weight excluding hydrogens is 390 g/mol. The summed E-state index contributed by atoms with van der Waals surface area (Å²) in [5, 5.41) is 1.30. The number of carbonyl (C=O) groups is 1. The molecule has 2 aromatic carbocycles. The van der Waals surface area contributed by atoms with Gasteiger partial charge < -0.3 is 4.90 Å². The van der Waals surface area contributed by atoms with Crippen LogP contribution in [0.5, 0.6) is 0 Å². The summed E-state index contributed by atoms with van der Waals surface area (Å²) in [7, 11) is 0. The van der Waals surface area contributed by atoms with Gasteiger partial charge in [0.2, 0.25) is 0 Å². The quantitative estimate of drug-likeness (QED) is 0.576. The average molecular weight is 420 g/mol. The lowest BCUT2D eigenvalue weighted by atomic mass is 9.97. The molecule has 5 heteroatoms. The number of piperidine rings is 2. The first-order valence-corrected chi connectivity index (χ1v) is 12.0. The number of aromatic nitrogens is 1. The molecule has 156 valence electrons. The number of likely N-dealkylation sites (tertiary alicyclic amines) is 2. The Hall–Kier alpha value is -2.24. The van der Waals surface area contributed by atoms with E-state index in [0.717, 1.165) is 69.5 Å². The maximum absolute atomic E-state index is 12.8. The van der Waals surface area contributed by atoms with Crippen LogP contribution in [0.15, 0.2) is 48.5 Å². The zero-order valence-corrected chi connectivity index (χ0v) is 18.2. The number of benzene rings is 2. The third-order valence-corrected chi connectivity index (χ3v) is 7.67. The van der Waals surface area contributed by atoms with Crippen molar-refractivity contribution in [1.82, 2.24) is 14.8 Å². The maximum atomic E-state index is 12.8. The Morgan fingerprint density at radius 1 is 0.967 bits per heavy atom. The van der Waals surface area contributed by atoms with Crippen LogP contribution in [-0.2, 0) is 6.54 Å². The van der Waals surface area contributed by atoms with E-state index in [1.165, 1.54) is 21.7 Å². The number of hydrogen-bond donors (Lipinski definition) is 0. The molecule has 0 saturated carbocycles. The monoisotopic (exact) mass is 419 g/mol. The van der Waals surface area contributed by atoms with E-state index in [4.69, 9.17) is 4.98 Å². The van der Waals surface area contributed by atoms with Crippen LogP contribution in [0.2, 0.25) is 0 Å². The molecule has 2 fully saturated rings. The van der Waals surface area contributed by atoms with Crippen molar-refractivity contribution in [1.29, 1.82) is 0 Å². The molecule has 3 aromatic rings. The lowest BCUT2D eigenvalue weighted by Gasteiger charge is -2.31. The molecule has 30 heavy (non-hydrogen) atoms. The minimum Gasteiger partial charge on any atom is -0.339 e. The SMILES string of the molecule is O=C(c1cccc(CN2CCC(c3nc4ccccc4s3)CC2)c1)N1CCCCC1. The molecule has 2 saturated heterocycles. The Kier molecular flexibility index (Phi) is 5.82. The van der Waals surface area contributed by atoms with Gasteiger partial charge in [0.25, 0.3) is 5.91 Å². The van der Waals surface area contributed by atoms with E-state index in [1.807, 2.05) is 28.4 Å². The van der Waals surface area contributed by atoms with Gasteiger partial charge in [0.1, 0.15) is 0 Å². The Labute approximate surface area is 182 Å². The first-order chi connectivity index (χ1) is 14.8. The Morgan fingerprint density at radius 2 is 1.77 bits per heavy atom. The first kappa shape index (κ1) is 19.7. The van der Waals surface area contributed by atoms with Crippen molar-refractivity contribution in [2.75, 3.05) is 26.2 Å². The van der Waals surface area contributed by atoms with Crippen LogP contribution in [-0.4, -0.2) is 46.9 Å². The minimum absolute atomic E-state index is 0.200. The van der Waals surface area contributed by atoms with Crippen molar-refractivity contribution < 1.29 is 4.79 Å². The van der Waals surface area contributed by atoms with Gasteiger partial charge >= 0.3 is 0 Å². The van der Waals surface area contributed by atoms with Gasteiger partial charge in [-0.1, -0.05) is 24.3 Å². The van der Waals surface area contributed by atoms with Crippen molar-refractivity contribution in [2.24, 2.45) is 0 Å². The average Bonchev–Trinajstić information content (AvgIpc) is 3.24. The van der Waals surface area contributed by atoms with Crippen LogP contribution in [0.3, 0.4) is 0 Å². The predicted octanol–water partition coefficient (Wildman–Crippen LogP) is 5.30. The molecule has 0 N–H and O–H groups in total. The highest BCUT2D eigenvalue weighted by Gasteiger charge is 2.24. The number of fused-ring (bicyclic) bond motifs is 1. The summed E-state index contributed by atoms with van der Waals surface area (Å²) in [4.78, 5) is 22.2. The smallest absolute Gasteiger partial charge is 0.253 e. The van der Waals surface area contributed by atoms with Gasteiger partial charge in [-0.15, -0.1) is 11.3 Å². The molecule has 0 unspecified atom stereocenters. The fourth-order valence-corrected chi connectivity index (χ4v) is 5.88. The van der Waals surface area contributed by atoms with Gasteiger partial charge in [-0.25, -0.2) is 4.98 Å². The summed E-state index contributed by atoms with van der Waals surface area (Å²) in [5.41, 5.74) is 3.23. The van der Waals surface area contributed by atoms with Gasteiger partial charge in [-0.05, 0) is 75.0 Å². The number of amides is 1. The van der Waals surface area contributed by atoms with Gasteiger partial charge in [-0.3, -0.25) is 9.69 Å². The Balaban J connectivity index is 1.19. The van der Waals surface area contributed by atoms with Crippen LogP contribution >= 0.6 is 11.3 Å². The molecule has 2 aliphatic rings. The number of carbonyl (C=O) groups excluding carboxylic acids is 1. The molecule has 4 nitrogen and oxygen atoms in total. The van der Waals surface area contributed by atoms with Gasteiger partial charge in [-0.2, -0.15) is 0 Å². The minimum atomic E-state index is 0.200. The van der Waals surface area contributed by atoms with Crippen LogP contribution in [0.1, 0.15) is 59.0 Å². The fraction of sp³-hybridized carbons (Fsp3) is 0.440. The van der Waals surface area contributed by atoms with Crippen molar-refractivity contribution in [3.8, 4) is 0 Å². The third kappa shape index (κ3) is 4.28. The van der Waals surface area contributed by atoms with E-state index < -0.39 is 0 Å². The summed E-state index contributed by atoms with van der Waals surface area (Å²) in [6, 6.07) is 16.7. The molecule has 5 rings (SSSR count). The Bertz CT molecular complexity index is 983. The van der Waals surface area contributed by atoms with Crippen molar-refractivity contribution >= 4 is 27.5 Å². The van der Waals surface area contributed by atoms with Crippen molar-refractivity contribution in [3.05, 3.63) is 64.7 Å². The lowest BCUT2D eigenvalue weighted by Crippen LogP contribution is -2.35. The standard InChI is InChI=1S/C25H29N3OS/c29-25(28-13-4-1-5-14-28)21-8-6-7-19(17-21)18-27-15-11-20(12-16-27)24-26-22-9-2-3-10-23(22)30-24/h2-3,6-10,17,20H,1,4-5,11-16,18H2. The van der Waals surface area contributed by atoms with E-state index in [1.54, 1.807) is 0 Å². The molecule has 0 bridgehead atoms. The van der Waals surface area contributed by atoms with E-state index in [-0.39, 0.29) is 5.91 Å². The van der Waals surface area contributed by atoms with Crippen LogP contribution < -0.4 is 0 Å². The zero-order chi connectivity index (χ0) is 20.3. The number of nitrogens with zero attached hydrogens (tertiary/aromatic N) is 3. The highest BCUT2D eigenvalue weighted by molar-refractivity contribution is 7.18. The molecule has 3 heterocycles. The molecule has 0 spiro atoms. The van der Waals surface area contributed by atoms with Crippen molar-refractivity contribution in [2.45, 2.75) is 44.6 Å². The third-order valence-electron chi connectivity index (χ3n) is 6.47. The summed E-state index contributed by atoms with van der Waals surface area (Å²) in [6.45, 7) is 4.91. The molecule has 0 aliphatic carbocycles. The molecule has 2 aliphatic heterocycles. The van der Waals surface area contributed by atoms with Gasteiger partial charge in [0, 0.05) is 31.1 Å². The first-order valence-electron chi connectivity index (χ1n) is 11.2. The molecule has 0 atom stereocenters. The van der Waals surface area contributed by atoms with Crippen molar-refractivity contribution in [3.63, 3.8) is 0 Å². The largest absolute Gasteiger partial charge is 0.339 e. The summed E-state index contributed by atoms with van der Waals surface area (Å²) in [6.07, 6.45) is 5.83. The van der Waals surface area contributed by atoms with Crippen LogP contribution in [0.25, 0.3) is 10.2 Å². The molecule has 0 radical (unpaired) electrons. The molecular formula is C25H29N3OS. The lowest BCUT2D eigenvalue weighted by molar-refractivity contribution is 0.0724. The maximum Gasteiger partial charge on any atom is 0.253 e. The van der Waals surface area contributed by atoms with Gasteiger partial charge in [0.05, 0.1) is 15.2 Å². The van der Waals surface area contributed by atoms with Gasteiger partial charge in [0.15, 0.2) is 0 Å². The molecule has 1 aromatic heterocycles. The number of rotatable bonds is 4. The second-order valence-corrected chi connectivity index (χ2v) is 9.69.